The molecule has 18 atom stereocenters. The molecular weight excluding hydrogens is 910 g/mol. The van der Waals surface area contributed by atoms with Crippen LogP contribution in [0.15, 0.2) is 15.0 Å². The zero-order valence-electron chi connectivity index (χ0n) is 38.5. The van der Waals surface area contributed by atoms with Gasteiger partial charge in [-0.05, 0) is 0 Å². The van der Waals surface area contributed by atoms with Crippen molar-refractivity contribution in [1.29, 1.82) is 0 Å². The van der Waals surface area contributed by atoms with Crippen LogP contribution in [0.5, 0.6) is 0 Å². The molecule has 386 valence electrons. The summed E-state index contributed by atoms with van der Waals surface area (Å²) in [7, 11) is 10.9. The topological polar surface area (TPSA) is 379 Å². The van der Waals surface area contributed by atoms with E-state index in [4.69, 9.17) is 66.3 Å². The molecule has 3 saturated heterocycles. The summed E-state index contributed by atoms with van der Waals surface area (Å²) in [6.07, 6.45) is -17.3. The number of carboxylic acid groups (broad SMARTS) is 3. The van der Waals surface area contributed by atoms with Gasteiger partial charge in [0.05, 0.1) is 59.5 Å². The van der Waals surface area contributed by atoms with Crippen molar-refractivity contribution in [3.8, 4) is 0 Å². The van der Waals surface area contributed by atoms with Crippen molar-refractivity contribution in [2.24, 2.45) is 15.0 Å². The average Bonchev–Trinajstić information content (AvgIpc) is 3.29. The summed E-state index contributed by atoms with van der Waals surface area (Å²) >= 11 is 0. The van der Waals surface area contributed by atoms with E-state index in [9.17, 15) is 55.2 Å². The third kappa shape index (κ3) is 13.3. The fourth-order valence-corrected chi connectivity index (χ4v) is 8.16. The normalized spacial score (nSPS) is 35.5. The van der Waals surface area contributed by atoms with Gasteiger partial charge in [0, 0.05) is 61.9 Å². The number of aliphatic hydroxyl groups is 5. The minimum Gasteiger partial charge on any atom is -0.487 e. The Kier molecular flexibility index (Phi) is 22.5. The maximum atomic E-state index is 13.3. The molecule has 9 unspecified atom stereocenters. The Labute approximate surface area is 385 Å². The fourth-order valence-electron chi connectivity index (χ4n) is 8.16. The Morgan fingerprint density at radius 1 is 0.537 bits per heavy atom. The second-order valence-corrected chi connectivity index (χ2v) is 15.4. The Morgan fingerprint density at radius 2 is 0.866 bits per heavy atom. The number of carbonyl (C=O) groups is 3. The van der Waals surface area contributed by atoms with Gasteiger partial charge in [-0.1, -0.05) is 0 Å². The summed E-state index contributed by atoms with van der Waals surface area (Å²) in [5.41, 5.74) is 0. The number of aliphatic imine (C=N–C) groups is 3. The zero-order valence-corrected chi connectivity index (χ0v) is 38.5. The lowest BCUT2D eigenvalue weighted by Crippen LogP contribution is -2.66. The van der Waals surface area contributed by atoms with Gasteiger partial charge in [-0.15, -0.1) is 0 Å². The third-order valence-corrected chi connectivity index (χ3v) is 11.6. The fraction of sp³-hybridized carbons (Fsp3) is 0.846. The molecule has 0 bridgehead atoms. The Bertz CT molecular complexity index is 1640. The number of ether oxygens (including phenoxy) is 14. The maximum absolute atomic E-state index is 13.3. The van der Waals surface area contributed by atoms with Crippen LogP contribution in [-0.4, -0.2) is 271 Å². The summed E-state index contributed by atoms with van der Waals surface area (Å²) < 4.78 is 78.1. The molecule has 0 amide bonds. The molecule has 67 heavy (non-hydrogen) atoms. The van der Waals surface area contributed by atoms with E-state index in [1.54, 1.807) is 0 Å². The van der Waals surface area contributed by atoms with Gasteiger partial charge in [-0.3, -0.25) is 0 Å². The van der Waals surface area contributed by atoms with Crippen molar-refractivity contribution in [3.05, 3.63) is 0 Å². The van der Waals surface area contributed by atoms with E-state index in [0.29, 0.717) is 0 Å². The van der Waals surface area contributed by atoms with Crippen LogP contribution in [0.25, 0.3) is 0 Å². The third-order valence-electron chi connectivity index (χ3n) is 11.6. The minimum absolute atomic E-state index is 0.616. The molecule has 0 aromatic rings. The van der Waals surface area contributed by atoms with E-state index in [1.807, 2.05) is 0 Å². The van der Waals surface area contributed by atoms with Gasteiger partial charge in [0.25, 0.3) is 17.4 Å². The van der Waals surface area contributed by atoms with E-state index in [0.717, 1.165) is 40.5 Å². The summed E-state index contributed by atoms with van der Waals surface area (Å²) in [5.74, 6) is -13.7. The molecule has 0 radical (unpaired) electrons. The van der Waals surface area contributed by atoms with Crippen LogP contribution in [0.4, 0.5) is 0 Å². The molecule has 3 rings (SSSR count). The summed E-state index contributed by atoms with van der Waals surface area (Å²) in [5, 5.41) is 85.9. The predicted octanol–water partition coefficient (Wildman–Crippen LogP) is -3.98. The highest BCUT2D eigenvalue weighted by Crippen LogP contribution is 2.40. The zero-order chi connectivity index (χ0) is 50.3. The molecule has 0 aromatic heterocycles. The second kappa shape index (κ2) is 26.2. The lowest BCUT2D eigenvalue weighted by atomic mass is 9.88. The molecule has 0 aromatic carbocycles. The molecule has 0 spiro atoms. The van der Waals surface area contributed by atoms with Crippen molar-refractivity contribution in [2.45, 2.75) is 128 Å². The maximum Gasteiger partial charge on any atom is 0.364 e. The number of aliphatic carboxylic acids is 3. The number of carboxylic acids is 3. The average molecular weight is 976 g/mol. The van der Waals surface area contributed by atoms with Gasteiger partial charge >= 0.3 is 17.9 Å². The van der Waals surface area contributed by atoms with Crippen molar-refractivity contribution < 1.29 is 122 Å². The lowest BCUT2D eigenvalue weighted by molar-refractivity contribution is -0.331. The van der Waals surface area contributed by atoms with Crippen LogP contribution < -0.4 is 0 Å². The largest absolute Gasteiger partial charge is 0.487 e. The van der Waals surface area contributed by atoms with Crippen LogP contribution in [0.3, 0.4) is 0 Å². The highest BCUT2D eigenvalue weighted by atomic mass is 16.8. The first-order valence-corrected chi connectivity index (χ1v) is 20.5. The van der Waals surface area contributed by atoms with E-state index in [-0.39, 0.29) is 0 Å². The molecule has 28 nitrogen and oxygen atoms in total. The van der Waals surface area contributed by atoms with Gasteiger partial charge in [-0.25, -0.2) is 29.4 Å². The summed E-state index contributed by atoms with van der Waals surface area (Å²) in [4.78, 5) is 50.9. The van der Waals surface area contributed by atoms with Crippen molar-refractivity contribution in [1.82, 2.24) is 0 Å². The van der Waals surface area contributed by atoms with Crippen molar-refractivity contribution in [2.75, 3.05) is 83.8 Å². The number of hydrogen-bond acceptors (Lipinski definition) is 25. The standard InChI is InChI=1S/C39H65N3O25/c1-54-16-40-25-19(44)10-37(53,34(47)48)65-31(25)29(61-8)23(58-5)14-63-39(36(51)52)12-21(46)27(42-18-56-3)33(67-39)30(62-9)24(59-6)15-64-38(35(49)50)11-20(45)26(41-17-55-2)32(66-38)28(60-7)22(13-43)57-4/h16-33,43-46,53H,10-15H2,1-9H3,(H,47,48)(H,49,50)(H,51,52)/t19-,20-,21-,22?,23?,24?,25-,26-,27-,28?,29?,30?,31?,32?,33?,37-,38-,39-/m1/s1. The molecule has 0 aliphatic carbocycles. The molecule has 3 fully saturated rings. The first-order valence-electron chi connectivity index (χ1n) is 20.5. The van der Waals surface area contributed by atoms with Crippen molar-refractivity contribution in [3.63, 3.8) is 0 Å². The second-order valence-electron chi connectivity index (χ2n) is 15.4. The molecule has 8 N–H and O–H groups in total. The van der Waals surface area contributed by atoms with Crippen LogP contribution in [0.2, 0.25) is 0 Å². The lowest BCUT2D eigenvalue weighted by Gasteiger charge is -2.48. The molecule has 3 heterocycles. The van der Waals surface area contributed by atoms with Crippen molar-refractivity contribution >= 4 is 37.1 Å². The summed E-state index contributed by atoms with van der Waals surface area (Å²) in [6.45, 7) is -2.14. The van der Waals surface area contributed by atoms with E-state index in [2.05, 4.69) is 15.0 Å². The smallest absolute Gasteiger partial charge is 0.364 e. The molecule has 0 saturated carbocycles. The van der Waals surface area contributed by atoms with Gasteiger partial charge in [0.1, 0.15) is 73.1 Å². The van der Waals surface area contributed by atoms with Gasteiger partial charge in [0.2, 0.25) is 0 Å². The van der Waals surface area contributed by atoms with E-state index in [1.165, 1.54) is 42.7 Å². The number of methoxy groups -OCH3 is 9. The molecule has 28 heteroatoms. The minimum atomic E-state index is -2.92. The van der Waals surface area contributed by atoms with Crippen LogP contribution >= 0.6 is 0 Å². The van der Waals surface area contributed by atoms with E-state index < -0.39 is 166 Å². The number of aliphatic hydroxyl groups excluding tert-OH is 4. The first-order chi connectivity index (χ1) is 31.8. The van der Waals surface area contributed by atoms with E-state index >= 15 is 0 Å². The SMILES string of the molecule is COC=N[C@H]1C(C(OC)C(CO)OC)O[C@@](OCC(OC)C(OC)C2O[C@@](OCC(OC)C(OC)C3O[C@@](O)(C(=O)O)C[C@@H](O)[C@H]3N=COC)(C(=O)O)C[C@@H](O)[C@H]2N=COC)(C(=O)O)C[C@H]1O. The predicted molar refractivity (Wildman–Crippen MR) is 221 cm³/mol. The van der Waals surface area contributed by atoms with Gasteiger partial charge in [0.15, 0.2) is 19.2 Å². The van der Waals surface area contributed by atoms with Crippen LogP contribution in [0.1, 0.15) is 19.3 Å². The Balaban J connectivity index is 2.04. The first kappa shape index (κ1) is 57.5. The Morgan fingerprint density at radius 3 is 1.15 bits per heavy atom. The number of nitrogens with zero attached hydrogens (tertiary/aromatic N) is 3. The molecule has 3 aliphatic rings. The quantitative estimate of drug-likeness (QED) is 0.0274. The number of rotatable bonds is 28. The highest BCUT2D eigenvalue weighted by Gasteiger charge is 2.60. The summed E-state index contributed by atoms with van der Waals surface area (Å²) in [6, 6.07) is -3.95. The molecular formula is C39H65N3O25. The number of hydrogen-bond donors (Lipinski definition) is 8. The van der Waals surface area contributed by atoms with Crippen LogP contribution in [0, 0.1) is 0 Å². The molecule has 3 aliphatic heterocycles. The monoisotopic (exact) mass is 975 g/mol. The van der Waals surface area contributed by atoms with Crippen LogP contribution in [-0.2, 0) is 80.7 Å². The Hall–Kier alpha value is -3.82. The van der Waals surface area contributed by atoms with Gasteiger partial charge in [-0.2, -0.15) is 0 Å². The highest BCUT2D eigenvalue weighted by molar-refractivity contribution is 5.77. The van der Waals surface area contributed by atoms with Gasteiger partial charge < -0.3 is 107 Å².